The normalized spacial score (nSPS) is 27.4. The van der Waals surface area contributed by atoms with Gasteiger partial charge < -0.3 is 27.8 Å². The number of ether oxygens (including phenoxy) is 4. The SMILES string of the molecule is CCCOC(C1CO1)[Si](OC)(OC)C(OCCC)C1CO1. The van der Waals surface area contributed by atoms with Crippen LogP contribution in [0.5, 0.6) is 0 Å². The minimum absolute atomic E-state index is 0.0505. The van der Waals surface area contributed by atoms with Crippen LogP contribution in [-0.4, -0.2) is 72.9 Å². The number of hydrogen-bond donors (Lipinski definition) is 0. The van der Waals surface area contributed by atoms with Crippen molar-refractivity contribution in [1.29, 1.82) is 0 Å². The highest BCUT2D eigenvalue weighted by Gasteiger charge is 2.63. The second kappa shape index (κ2) is 8.01. The lowest BCUT2D eigenvalue weighted by atomic mass is 10.5. The predicted octanol–water partition coefficient (Wildman–Crippen LogP) is 1.19. The number of hydrogen-bond acceptors (Lipinski definition) is 6. The van der Waals surface area contributed by atoms with Gasteiger partial charge in [-0.2, -0.15) is 0 Å². The van der Waals surface area contributed by atoms with Crippen LogP contribution in [0.25, 0.3) is 0 Å². The molecular weight excluding hydrogens is 292 g/mol. The van der Waals surface area contributed by atoms with Gasteiger partial charge in [-0.05, 0) is 12.8 Å². The van der Waals surface area contributed by atoms with Crippen molar-refractivity contribution in [3.63, 3.8) is 0 Å². The van der Waals surface area contributed by atoms with E-state index in [4.69, 9.17) is 27.8 Å². The molecule has 0 bridgehead atoms. The van der Waals surface area contributed by atoms with E-state index in [1.807, 2.05) is 0 Å². The van der Waals surface area contributed by atoms with Crippen molar-refractivity contribution in [2.75, 3.05) is 40.6 Å². The molecule has 0 aromatic rings. The fourth-order valence-corrected chi connectivity index (χ4v) is 6.17. The van der Waals surface area contributed by atoms with E-state index < -0.39 is 8.56 Å². The molecule has 0 radical (unpaired) electrons. The lowest BCUT2D eigenvalue weighted by Crippen LogP contribution is -2.66. The topological polar surface area (TPSA) is 62.0 Å². The van der Waals surface area contributed by atoms with Crippen LogP contribution in [0.4, 0.5) is 0 Å². The van der Waals surface area contributed by atoms with E-state index in [0.717, 1.165) is 12.8 Å². The maximum absolute atomic E-state index is 6.05. The Morgan fingerprint density at radius 1 is 0.905 bits per heavy atom. The summed E-state index contributed by atoms with van der Waals surface area (Å²) in [7, 11) is 0.599. The summed E-state index contributed by atoms with van der Waals surface area (Å²) in [4.78, 5) is 0. The lowest BCUT2D eigenvalue weighted by Gasteiger charge is -2.39. The summed E-state index contributed by atoms with van der Waals surface area (Å²) >= 11 is 0. The Bertz CT molecular complexity index is 278. The summed E-state index contributed by atoms with van der Waals surface area (Å²) in [6.07, 6.45) is 1.99. The molecule has 2 heterocycles. The Kier molecular flexibility index (Phi) is 6.61. The zero-order chi connectivity index (χ0) is 15.3. The summed E-state index contributed by atoms with van der Waals surface area (Å²) in [5.74, 6) is 0. The third kappa shape index (κ3) is 4.04. The Balaban J connectivity index is 2.17. The Morgan fingerprint density at radius 2 is 1.29 bits per heavy atom. The first-order chi connectivity index (χ1) is 10.2. The van der Waals surface area contributed by atoms with E-state index in [2.05, 4.69) is 13.8 Å². The van der Waals surface area contributed by atoms with Gasteiger partial charge >= 0.3 is 8.56 Å². The van der Waals surface area contributed by atoms with Gasteiger partial charge in [-0.15, -0.1) is 0 Å². The van der Waals surface area contributed by atoms with Gasteiger partial charge in [-0.1, -0.05) is 13.8 Å². The molecule has 6 nitrogen and oxygen atoms in total. The second-order valence-corrected chi connectivity index (χ2v) is 8.85. The minimum atomic E-state index is -2.77. The molecule has 0 N–H and O–H groups in total. The molecule has 2 rings (SSSR count). The van der Waals surface area contributed by atoms with Crippen molar-refractivity contribution in [1.82, 2.24) is 0 Å². The standard InChI is InChI=1S/C14H28O6Si/c1-5-7-17-13(11-9-19-11)21(15-3,16-4)14(12-10-20-12)18-8-6-2/h11-14H,5-10H2,1-4H3. The average molecular weight is 320 g/mol. The van der Waals surface area contributed by atoms with Gasteiger partial charge in [0.15, 0.2) is 0 Å². The number of epoxide rings is 2. The molecule has 0 amide bonds. The molecule has 2 aliphatic heterocycles. The van der Waals surface area contributed by atoms with Crippen LogP contribution in [-0.2, 0) is 27.8 Å². The van der Waals surface area contributed by atoms with Gasteiger partial charge in [-0.25, -0.2) is 0 Å². The number of rotatable bonds is 12. The molecule has 2 fully saturated rings. The van der Waals surface area contributed by atoms with E-state index in [1.165, 1.54) is 0 Å². The van der Waals surface area contributed by atoms with Gasteiger partial charge in [0.2, 0.25) is 0 Å². The highest BCUT2D eigenvalue weighted by atomic mass is 28.4. The quantitative estimate of drug-likeness (QED) is 0.398. The minimum Gasteiger partial charge on any atom is -0.395 e. The second-order valence-electron chi connectivity index (χ2n) is 5.46. The molecule has 0 spiro atoms. The first-order valence-corrected chi connectivity index (χ1v) is 9.77. The Labute approximate surface area is 128 Å². The van der Waals surface area contributed by atoms with Crippen molar-refractivity contribution < 1.29 is 27.8 Å². The third-order valence-electron chi connectivity index (χ3n) is 3.83. The zero-order valence-corrected chi connectivity index (χ0v) is 14.5. The third-order valence-corrected chi connectivity index (χ3v) is 7.77. The molecule has 0 aromatic heterocycles. The summed E-state index contributed by atoms with van der Waals surface area (Å²) in [5.41, 5.74) is -0.364. The molecule has 2 aliphatic rings. The van der Waals surface area contributed by atoms with Crippen molar-refractivity contribution in [3.05, 3.63) is 0 Å². The highest BCUT2D eigenvalue weighted by Crippen LogP contribution is 2.35. The van der Waals surface area contributed by atoms with Gasteiger partial charge in [-0.3, -0.25) is 0 Å². The van der Waals surface area contributed by atoms with Crippen molar-refractivity contribution in [2.24, 2.45) is 0 Å². The lowest BCUT2D eigenvalue weighted by molar-refractivity contribution is -0.00645. The molecule has 4 unspecified atom stereocenters. The van der Waals surface area contributed by atoms with Crippen molar-refractivity contribution >= 4 is 8.56 Å². The molecule has 0 aliphatic carbocycles. The van der Waals surface area contributed by atoms with E-state index in [0.29, 0.717) is 26.4 Å². The maximum Gasteiger partial charge on any atom is 0.403 e. The van der Waals surface area contributed by atoms with Crippen molar-refractivity contribution in [2.45, 2.75) is 50.4 Å². The summed E-state index contributed by atoms with van der Waals surface area (Å²) < 4.78 is 34.9. The van der Waals surface area contributed by atoms with Crippen LogP contribution in [0.15, 0.2) is 0 Å². The maximum atomic E-state index is 6.05. The van der Waals surface area contributed by atoms with Crippen molar-refractivity contribution in [3.8, 4) is 0 Å². The van der Waals surface area contributed by atoms with E-state index in [9.17, 15) is 0 Å². The van der Waals surface area contributed by atoms with E-state index >= 15 is 0 Å². The molecule has 0 aromatic carbocycles. The highest BCUT2D eigenvalue weighted by molar-refractivity contribution is 6.70. The molecule has 0 saturated carbocycles. The first kappa shape index (κ1) is 17.3. The van der Waals surface area contributed by atoms with Crippen LogP contribution in [0.1, 0.15) is 26.7 Å². The zero-order valence-electron chi connectivity index (χ0n) is 13.5. The van der Waals surface area contributed by atoms with Gasteiger partial charge in [0.1, 0.15) is 23.7 Å². The monoisotopic (exact) mass is 320 g/mol. The first-order valence-electron chi connectivity index (χ1n) is 7.80. The molecular formula is C14H28O6Si. The van der Waals surface area contributed by atoms with Crippen LogP contribution in [0, 0.1) is 0 Å². The Morgan fingerprint density at radius 3 is 1.52 bits per heavy atom. The summed E-state index contributed by atoms with van der Waals surface area (Å²) in [5, 5.41) is 0. The van der Waals surface area contributed by atoms with Gasteiger partial charge in [0.25, 0.3) is 0 Å². The van der Waals surface area contributed by atoms with Crippen LogP contribution < -0.4 is 0 Å². The molecule has 2 saturated heterocycles. The van der Waals surface area contributed by atoms with Crippen LogP contribution >= 0.6 is 0 Å². The smallest absolute Gasteiger partial charge is 0.395 e. The Hall–Kier alpha value is -0.0231. The predicted molar refractivity (Wildman–Crippen MR) is 79.3 cm³/mol. The molecule has 124 valence electrons. The van der Waals surface area contributed by atoms with E-state index in [1.54, 1.807) is 14.2 Å². The fraction of sp³-hybridized carbons (Fsp3) is 1.00. The van der Waals surface area contributed by atoms with Gasteiger partial charge in [0.05, 0.1) is 13.2 Å². The largest absolute Gasteiger partial charge is 0.403 e. The van der Waals surface area contributed by atoms with Crippen LogP contribution in [0.2, 0.25) is 0 Å². The molecule has 21 heavy (non-hydrogen) atoms. The summed E-state index contributed by atoms with van der Waals surface area (Å²) in [6.45, 7) is 6.89. The molecule has 4 atom stereocenters. The van der Waals surface area contributed by atoms with Gasteiger partial charge in [0, 0.05) is 27.4 Å². The van der Waals surface area contributed by atoms with Crippen LogP contribution in [0.3, 0.4) is 0 Å². The fourth-order valence-electron chi connectivity index (χ4n) is 2.63. The van der Waals surface area contributed by atoms with E-state index in [-0.39, 0.29) is 23.7 Å². The average Bonchev–Trinajstić information content (AvgIpc) is 3.39. The molecule has 7 heteroatoms. The summed E-state index contributed by atoms with van der Waals surface area (Å²) in [6, 6.07) is 0.